The van der Waals surface area contributed by atoms with Gasteiger partial charge in [0.15, 0.2) is 5.16 Å². The largest absolute Gasteiger partial charge is 0.283 e. The Balaban J connectivity index is 2.79. The summed E-state index contributed by atoms with van der Waals surface area (Å²) in [6.07, 6.45) is 3.63. The summed E-state index contributed by atoms with van der Waals surface area (Å²) in [6.45, 7) is 4.15. The monoisotopic (exact) mass is 238 g/mol. The average Bonchev–Trinajstić information content (AvgIpc) is 2.70. The van der Waals surface area contributed by atoms with Crippen LogP contribution in [0.3, 0.4) is 0 Å². The minimum absolute atomic E-state index is 0.0190. The van der Waals surface area contributed by atoms with Crippen molar-refractivity contribution in [1.29, 1.82) is 0 Å². The van der Waals surface area contributed by atoms with E-state index in [2.05, 4.69) is 11.6 Å². The fourth-order valence-electron chi connectivity index (χ4n) is 1.38. The van der Waals surface area contributed by atoms with Crippen LogP contribution in [0.1, 0.15) is 0 Å². The number of thiophene rings is 1. The van der Waals surface area contributed by atoms with Gasteiger partial charge >= 0.3 is 0 Å². The van der Waals surface area contributed by atoms with Crippen LogP contribution in [0.15, 0.2) is 34.1 Å². The Morgan fingerprint density at radius 1 is 1.73 bits per heavy atom. The van der Waals surface area contributed by atoms with Crippen LogP contribution >= 0.6 is 23.1 Å². The van der Waals surface area contributed by atoms with Crippen molar-refractivity contribution in [1.82, 2.24) is 9.55 Å². The lowest BCUT2D eigenvalue weighted by molar-refractivity contribution is 0.674. The summed E-state index contributed by atoms with van der Waals surface area (Å²) in [7, 11) is 0. The van der Waals surface area contributed by atoms with Crippen molar-refractivity contribution in [2.24, 2.45) is 0 Å². The predicted molar refractivity (Wildman–Crippen MR) is 65.9 cm³/mol. The zero-order valence-electron chi connectivity index (χ0n) is 8.27. The second-order valence-corrected chi connectivity index (χ2v) is 4.61. The third-order valence-electron chi connectivity index (χ3n) is 2.04. The van der Waals surface area contributed by atoms with Gasteiger partial charge in [-0.3, -0.25) is 9.36 Å². The second-order valence-electron chi connectivity index (χ2n) is 2.94. The molecule has 2 aromatic heterocycles. The van der Waals surface area contributed by atoms with Gasteiger partial charge in [-0.15, -0.1) is 17.9 Å². The Kier molecular flexibility index (Phi) is 2.93. The molecule has 0 atom stereocenters. The first-order chi connectivity index (χ1) is 7.27. The van der Waals surface area contributed by atoms with Gasteiger partial charge in [-0.25, -0.2) is 4.98 Å². The quantitative estimate of drug-likeness (QED) is 0.468. The molecule has 0 unspecified atom stereocenters. The van der Waals surface area contributed by atoms with Crippen LogP contribution in [0.4, 0.5) is 0 Å². The molecule has 0 saturated carbocycles. The lowest BCUT2D eigenvalue weighted by Crippen LogP contribution is -2.21. The molecule has 78 valence electrons. The SMILES string of the molecule is C=CCn1c(SC)nc2sccc2c1=O. The van der Waals surface area contributed by atoms with E-state index in [0.29, 0.717) is 11.9 Å². The number of rotatable bonds is 3. The summed E-state index contributed by atoms with van der Waals surface area (Å²) < 4.78 is 1.65. The molecular weight excluding hydrogens is 228 g/mol. The molecule has 0 N–H and O–H groups in total. The number of hydrogen-bond donors (Lipinski definition) is 0. The van der Waals surface area contributed by atoms with Crippen LogP contribution < -0.4 is 5.56 Å². The van der Waals surface area contributed by atoms with Gasteiger partial charge in [-0.1, -0.05) is 17.8 Å². The molecule has 0 aliphatic rings. The van der Waals surface area contributed by atoms with Crippen molar-refractivity contribution < 1.29 is 0 Å². The molecule has 0 fully saturated rings. The minimum atomic E-state index is 0.0190. The highest BCUT2D eigenvalue weighted by molar-refractivity contribution is 7.98. The van der Waals surface area contributed by atoms with E-state index in [1.807, 2.05) is 17.7 Å². The van der Waals surface area contributed by atoms with E-state index in [1.54, 1.807) is 10.6 Å². The van der Waals surface area contributed by atoms with Gasteiger partial charge in [-0.05, 0) is 17.7 Å². The third kappa shape index (κ3) is 1.72. The van der Waals surface area contributed by atoms with Crippen molar-refractivity contribution in [3.63, 3.8) is 0 Å². The second kappa shape index (κ2) is 4.20. The smallest absolute Gasteiger partial charge is 0.263 e. The Bertz CT molecular complexity index is 556. The van der Waals surface area contributed by atoms with E-state index >= 15 is 0 Å². The van der Waals surface area contributed by atoms with Gasteiger partial charge in [0.25, 0.3) is 5.56 Å². The summed E-state index contributed by atoms with van der Waals surface area (Å²) in [6, 6.07) is 1.82. The molecule has 2 aromatic rings. The molecule has 0 amide bonds. The first-order valence-corrected chi connectivity index (χ1v) is 6.51. The van der Waals surface area contributed by atoms with Crippen LogP contribution in [-0.2, 0) is 6.54 Å². The normalized spacial score (nSPS) is 10.7. The highest BCUT2D eigenvalue weighted by Gasteiger charge is 2.09. The standard InChI is InChI=1S/C10H10N2OS2/c1-3-5-12-9(13)7-4-6-15-8(7)11-10(12)14-2/h3-4,6H,1,5H2,2H3. The Morgan fingerprint density at radius 2 is 2.53 bits per heavy atom. The highest BCUT2D eigenvalue weighted by atomic mass is 32.2. The number of hydrogen-bond acceptors (Lipinski definition) is 4. The van der Waals surface area contributed by atoms with E-state index in [1.165, 1.54) is 23.1 Å². The molecule has 0 saturated heterocycles. The maximum absolute atomic E-state index is 12.0. The van der Waals surface area contributed by atoms with E-state index in [9.17, 15) is 4.79 Å². The van der Waals surface area contributed by atoms with Gasteiger partial charge in [0.05, 0.1) is 5.39 Å². The molecule has 0 radical (unpaired) electrons. The molecule has 0 aliphatic carbocycles. The van der Waals surface area contributed by atoms with E-state index in [0.717, 1.165) is 9.99 Å². The molecule has 0 aromatic carbocycles. The van der Waals surface area contributed by atoms with Crippen LogP contribution in [0, 0.1) is 0 Å². The average molecular weight is 238 g/mol. The third-order valence-corrected chi connectivity index (χ3v) is 3.53. The van der Waals surface area contributed by atoms with Crippen LogP contribution in [0.25, 0.3) is 10.2 Å². The zero-order valence-corrected chi connectivity index (χ0v) is 9.90. The lowest BCUT2D eigenvalue weighted by atomic mass is 10.4. The zero-order chi connectivity index (χ0) is 10.8. The number of allylic oxidation sites excluding steroid dienone is 1. The van der Waals surface area contributed by atoms with Crippen LogP contribution in [0.2, 0.25) is 0 Å². The number of fused-ring (bicyclic) bond motifs is 1. The van der Waals surface area contributed by atoms with Gasteiger partial charge < -0.3 is 0 Å². The molecule has 5 heteroatoms. The van der Waals surface area contributed by atoms with Gasteiger partial charge in [-0.2, -0.15) is 0 Å². The van der Waals surface area contributed by atoms with Gasteiger partial charge in [0.2, 0.25) is 0 Å². The molecular formula is C10H10N2OS2. The summed E-state index contributed by atoms with van der Waals surface area (Å²) in [4.78, 5) is 17.3. The minimum Gasteiger partial charge on any atom is -0.283 e. The van der Waals surface area contributed by atoms with Crippen LogP contribution in [-0.4, -0.2) is 15.8 Å². The van der Waals surface area contributed by atoms with Crippen molar-refractivity contribution in [3.8, 4) is 0 Å². The fourth-order valence-corrected chi connectivity index (χ4v) is 2.75. The number of thioether (sulfide) groups is 1. The van der Waals surface area contributed by atoms with Gasteiger partial charge in [0, 0.05) is 6.54 Å². The first-order valence-electron chi connectivity index (χ1n) is 4.41. The Morgan fingerprint density at radius 3 is 3.20 bits per heavy atom. The summed E-state index contributed by atoms with van der Waals surface area (Å²) >= 11 is 2.97. The molecule has 2 rings (SSSR count). The maximum Gasteiger partial charge on any atom is 0.263 e. The summed E-state index contributed by atoms with van der Waals surface area (Å²) in [5, 5.41) is 3.33. The fraction of sp³-hybridized carbons (Fsp3) is 0.200. The molecule has 15 heavy (non-hydrogen) atoms. The molecule has 3 nitrogen and oxygen atoms in total. The van der Waals surface area contributed by atoms with Crippen molar-refractivity contribution >= 4 is 33.3 Å². The van der Waals surface area contributed by atoms with Crippen molar-refractivity contribution in [2.45, 2.75) is 11.7 Å². The highest BCUT2D eigenvalue weighted by Crippen LogP contribution is 2.19. The summed E-state index contributed by atoms with van der Waals surface area (Å²) in [5.41, 5.74) is 0.0190. The Labute approximate surface area is 95.5 Å². The van der Waals surface area contributed by atoms with E-state index < -0.39 is 0 Å². The molecule has 0 bridgehead atoms. The first kappa shape index (κ1) is 10.4. The van der Waals surface area contributed by atoms with Crippen LogP contribution in [0.5, 0.6) is 0 Å². The maximum atomic E-state index is 12.0. The Hall–Kier alpha value is -1.07. The van der Waals surface area contributed by atoms with Crippen molar-refractivity contribution in [3.05, 3.63) is 34.5 Å². The van der Waals surface area contributed by atoms with E-state index in [4.69, 9.17) is 0 Å². The van der Waals surface area contributed by atoms with Crippen molar-refractivity contribution in [2.75, 3.05) is 6.26 Å². The predicted octanol–water partition coefficient (Wildman–Crippen LogP) is 2.37. The molecule has 0 spiro atoms. The van der Waals surface area contributed by atoms with E-state index in [-0.39, 0.29) is 5.56 Å². The molecule has 2 heterocycles. The lowest BCUT2D eigenvalue weighted by Gasteiger charge is -2.07. The summed E-state index contributed by atoms with van der Waals surface area (Å²) in [5.74, 6) is 0. The molecule has 0 aliphatic heterocycles. The topological polar surface area (TPSA) is 34.9 Å². The van der Waals surface area contributed by atoms with Gasteiger partial charge in [0.1, 0.15) is 4.83 Å². The number of aromatic nitrogens is 2. The number of nitrogens with zero attached hydrogens (tertiary/aromatic N) is 2.